The lowest BCUT2D eigenvalue weighted by Crippen LogP contribution is -2.23. The van der Waals surface area contributed by atoms with Crippen LogP contribution in [0.15, 0.2) is 35.4 Å². The van der Waals surface area contributed by atoms with Crippen molar-refractivity contribution >= 4 is 11.6 Å². The van der Waals surface area contributed by atoms with Crippen LogP contribution in [0.1, 0.15) is 63.9 Å². The van der Waals surface area contributed by atoms with E-state index in [0.717, 1.165) is 24.1 Å². The number of rotatable bonds is 7. The Morgan fingerprint density at radius 2 is 1.83 bits per heavy atom. The lowest BCUT2D eigenvalue weighted by molar-refractivity contribution is -0.122. The average molecular weight is 312 g/mol. The van der Waals surface area contributed by atoms with Gasteiger partial charge in [-0.3, -0.25) is 4.79 Å². The molecular weight excluding hydrogens is 284 g/mol. The van der Waals surface area contributed by atoms with Gasteiger partial charge in [-0.1, -0.05) is 62.9 Å². The first kappa shape index (κ1) is 16.2. The third kappa shape index (κ3) is 4.01. The summed E-state index contributed by atoms with van der Waals surface area (Å²) < 4.78 is 0. The zero-order valence-electron chi connectivity index (χ0n) is 14.1. The van der Waals surface area contributed by atoms with Crippen molar-refractivity contribution in [2.75, 3.05) is 0 Å². The molecule has 2 aliphatic carbocycles. The standard InChI is InChI=1S/C20H28N2O/c1-2-3-5-14-18(15-10-6-4-7-11-15)21-22-20(23)19-16-12-8-9-13-17(16)19/h4,6-7,10-11,16-17,19H,2-3,5,8-9,12-14H2,1H3,(H,22,23)/b21-18+. The van der Waals surface area contributed by atoms with Crippen LogP contribution < -0.4 is 5.43 Å². The van der Waals surface area contributed by atoms with Crippen molar-refractivity contribution in [1.29, 1.82) is 0 Å². The number of hydrazone groups is 1. The van der Waals surface area contributed by atoms with E-state index >= 15 is 0 Å². The Hall–Kier alpha value is -1.64. The molecule has 1 aromatic carbocycles. The minimum absolute atomic E-state index is 0.144. The summed E-state index contributed by atoms with van der Waals surface area (Å²) in [5.74, 6) is 1.65. The first-order valence-electron chi connectivity index (χ1n) is 9.23. The van der Waals surface area contributed by atoms with Gasteiger partial charge in [0, 0.05) is 5.92 Å². The van der Waals surface area contributed by atoms with Crippen LogP contribution in [0, 0.1) is 17.8 Å². The molecule has 3 rings (SSSR count). The number of fused-ring (bicyclic) bond motifs is 1. The molecule has 0 aromatic heterocycles. The molecule has 3 nitrogen and oxygen atoms in total. The van der Waals surface area contributed by atoms with Gasteiger partial charge in [0.25, 0.3) is 0 Å². The largest absolute Gasteiger partial charge is 0.273 e. The van der Waals surface area contributed by atoms with Crippen LogP contribution >= 0.6 is 0 Å². The molecule has 0 radical (unpaired) electrons. The van der Waals surface area contributed by atoms with E-state index in [0.29, 0.717) is 11.8 Å². The molecule has 2 unspecified atom stereocenters. The van der Waals surface area contributed by atoms with Gasteiger partial charge in [-0.15, -0.1) is 0 Å². The summed E-state index contributed by atoms with van der Waals surface area (Å²) in [5.41, 5.74) is 5.01. The molecule has 2 atom stereocenters. The predicted molar refractivity (Wildman–Crippen MR) is 94.2 cm³/mol. The van der Waals surface area contributed by atoms with E-state index in [1.54, 1.807) is 0 Å². The number of nitrogens with zero attached hydrogens (tertiary/aromatic N) is 1. The Labute approximate surface area is 139 Å². The number of benzene rings is 1. The zero-order valence-corrected chi connectivity index (χ0v) is 14.1. The molecule has 2 fully saturated rings. The lowest BCUT2D eigenvalue weighted by atomic mass is 10.0. The molecule has 0 heterocycles. The average Bonchev–Trinajstić information content (AvgIpc) is 3.33. The van der Waals surface area contributed by atoms with Crippen LogP contribution in [0.5, 0.6) is 0 Å². The van der Waals surface area contributed by atoms with Gasteiger partial charge in [-0.05, 0) is 43.1 Å². The maximum absolute atomic E-state index is 12.4. The summed E-state index contributed by atoms with van der Waals surface area (Å²) in [5, 5.41) is 4.50. The highest BCUT2D eigenvalue weighted by Gasteiger charge is 2.54. The van der Waals surface area contributed by atoms with Crippen molar-refractivity contribution in [2.24, 2.45) is 22.9 Å². The molecule has 0 aliphatic heterocycles. The fraction of sp³-hybridized carbons (Fsp3) is 0.600. The van der Waals surface area contributed by atoms with Gasteiger partial charge in [0.1, 0.15) is 0 Å². The highest BCUT2D eigenvalue weighted by atomic mass is 16.2. The second-order valence-electron chi connectivity index (χ2n) is 7.00. The van der Waals surface area contributed by atoms with E-state index in [1.165, 1.54) is 38.5 Å². The molecule has 0 spiro atoms. The van der Waals surface area contributed by atoms with Crippen molar-refractivity contribution in [3.05, 3.63) is 35.9 Å². The molecule has 23 heavy (non-hydrogen) atoms. The summed E-state index contributed by atoms with van der Waals surface area (Å²) >= 11 is 0. The second kappa shape index (κ2) is 7.76. The predicted octanol–water partition coefficient (Wildman–Crippen LogP) is 4.52. The van der Waals surface area contributed by atoms with Crippen LogP contribution in [0.2, 0.25) is 0 Å². The van der Waals surface area contributed by atoms with E-state index in [2.05, 4.69) is 29.6 Å². The van der Waals surface area contributed by atoms with Crippen LogP contribution in [0.3, 0.4) is 0 Å². The van der Waals surface area contributed by atoms with Gasteiger partial charge in [-0.2, -0.15) is 5.10 Å². The first-order chi connectivity index (χ1) is 11.3. The third-order valence-corrected chi connectivity index (χ3v) is 5.38. The van der Waals surface area contributed by atoms with E-state index in [4.69, 9.17) is 0 Å². The van der Waals surface area contributed by atoms with Crippen LogP contribution in [-0.4, -0.2) is 11.6 Å². The minimum Gasteiger partial charge on any atom is -0.273 e. The van der Waals surface area contributed by atoms with E-state index in [9.17, 15) is 4.79 Å². The Morgan fingerprint density at radius 3 is 2.48 bits per heavy atom. The van der Waals surface area contributed by atoms with Crippen LogP contribution in [0.4, 0.5) is 0 Å². The molecule has 2 saturated carbocycles. The van der Waals surface area contributed by atoms with Crippen molar-refractivity contribution in [3.63, 3.8) is 0 Å². The van der Waals surface area contributed by atoms with Gasteiger partial charge in [0.2, 0.25) is 5.91 Å². The summed E-state index contributed by atoms with van der Waals surface area (Å²) in [7, 11) is 0. The summed E-state index contributed by atoms with van der Waals surface area (Å²) in [6.45, 7) is 2.20. The Balaban J connectivity index is 1.62. The number of carbonyl (C=O) groups is 1. The van der Waals surface area contributed by atoms with Crippen LogP contribution in [0.25, 0.3) is 0 Å². The van der Waals surface area contributed by atoms with Crippen molar-refractivity contribution < 1.29 is 4.79 Å². The number of hydrogen-bond donors (Lipinski definition) is 1. The molecule has 1 aromatic rings. The number of carbonyl (C=O) groups excluding carboxylic acids is 1. The van der Waals surface area contributed by atoms with Crippen LogP contribution in [-0.2, 0) is 4.79 Å². The zero-order chi connectivity index (χ0) is 16.1. The normalized spacial score (nSPS) is 26.5. The fourth-order valence-corrected chi connectivity index (χ4v) is 4.02. The maximum Gasteiger partial charge on any atom is 0.243 e. The van der Waals surface area contributed by atoms with Gasteiger partial charge in [-0.25, -0.2) is 5.43 Å². The van der Waals surface area contributed by atoms with E-state index < -0.39 is 0 Å². The minimum atomic E-state index is 0.144. The summed E-state index contributed by atoms with van der Waals surface area (Å²) in [6.07, 6.45) is 9.49. The summed E-state index contributed by atoms with van der Waals surface area (Å²) in [4.78, 5) is 12.4. The smallest absolute Gasteiger partial charge is 0.243 e. The van der Waals surface area contributed by atoms with E-state index in [-0.39, 0.29) is 11.8 Å². The molecule has 1 N–H and O–H groups in total. The molecule has 0 bridgehead atoms. The third-order valence-electron chi connectivity index (χ3n) is 5.38. The molecule has 0 saturated heterocycles. The maximum atomic E-state index is 12.4. The fourth-order valence-electron chi connectivity index (χ4n) is 4.02. The number of amides is 1. The molecular formula is C20H28N2O. The summed E-state index contributed by atoms with van der Waals surface area (Å²) in [6, 6.07) is 10.2. The number of hydrogen-bond acceptors (Lipinski definition) is 2. The Kier molecular flexibility index (Phi) is 5.47. The highest BCUT2D eigenvalue weighted by molar-refractivity contribution is 6.01. The highest BCUT2D eigenvalue weighted by Crippen LogP contribution is 2.55. The first-order valence-corrected chi connectivity index (χ1v) is 9.23. The molecule has 2 aliphatic rings. The van der Waals surface area contributed by atoms with Gasteiger partial charge >= 0.3 is 0 Å². The van der Waals surface area contributed by atoms with E-state index in [1.807, 2.05) is 18.2 Å². The quantitative estimate of drug-likeness (QED) is 0.449. The Morgan fingerprint density at radius 1 is 1.13 bits per heavy atom. The van der Waals surface area contributed by atoms with Crippen molar-refractivity contribution in [2.45, 2.75) is 58.3 Å². The monoisotopic (exact) mass is 312 g/mol. The molecule has 3 heteroatoms. The topological polar surface area (TPSA) is 41.5 Å². The number of unbranched alkanes of at least 4 members (excludes halogenated alkanes) is 2. The van der Waals surface area contributed by atoms with Gasteiger partial charge in [0.05, 0.1) is 5.71 Å². The second-order valence-corrected chi connectivity index (χ2v) is 7.00. The molecule has 124 valence electrons. The van der Waals surface area contributed by atoms with Crippen molar-refractivity contribution in [1.82, 2.24) is 5.43 Å². The van der Waals surface area contributed by atoms with Gasteiger partial charge in [0.15, 0.2) is 0 Å². The SMILES string of the molecule is CCCCC/C(=N\NC(=O)C1C2CCCCC21)c1ccccc1. The lowest BCUT2D eigenvalue weighted by Gasteiger charge is -2.07. The van der Waals surface area contributed by atoms with Gasteiger partial charge < -0.3 is 0 Å². The molecule has 1 amide bonds. The number of nitrogens with one attached hydrogen (secondary N) is 1. The Bertz CT molecular complexity index is 540. The van der Waals surface area contributed by atoms with Crippen molar-refractivity contribution in [3.8, 4) is 0 Å².